The molecule has 0 fully saturated rings. The van der Waals surface area contributed by atoms with Gasteiger partial charge < -0.3 is 10.4 Å². The van der Waals surface area contributed by atoms with Crippen LogP contribution in [0.3, 0.4) is 0 Å². The molecule has 4 rings (SSSR count). The molecule has 0 bridgehead atoms. The molecular weight excluding hydrogens is 396 g/mol. The van der Waals surface area contributed by atoms with Gasteiger partial charge in [0.15, 0.2) is 0 Å². The number of carboxylic acid groups (broad SMARTS) is 1. The van der Waals surface area contributed by atoms with Crippen molar-refractivity contribution in [2.75, 3.05) is 5.32 Å². The summed E-state index contributed by atoms with van der Waals surface area (Å²) in [7, 11) is 0. The van der Waals surface area contributed by atoms with E-state index in [4.69, 9.17) is 5.26 Å². The third-order valence-electron chi connectivity index (χ3n) is 4.07. The Labute approximate surface area is 166 Å². The summed E-state index contributed by atoms with van der Waals surface area (Å²) in [4.78, 5) is 24.4. The number of carboxylic acids is 1. The number of aromatic nitrogens is 2. The van der Waals surface area contributed by atoms with E-state index in [2.05, 4.69) is 14.9 Å². The summed E-state index contributed by atoms with van der Waals surface area (Å²) in [5, 5.41) is 27.1. The van der Waals surface area contributed by atoms with Gasteiger partial charge in [-0.2, -0.15) is 5.26 Å². The molecule has 4 aromatic rings. The molecular formula is C19H10N4O3S2. The zero-order valence-corrected chi connectivity index (χ0v) is 15.7. The molecule has 0 aliphatic carbocycles. The largest absolute Gasteiger partial charge is 0.478 e. The van der Waals surface area contributed by atoms with Crippen LogP contribution in [-0.2, 0) is 0 Å². The van der Waals surface area contributed by atoms with Crippen LogP contribution in [0.1, 0.15) is 26.3 Å². The summed E-state index contributed by atoms with van der Waals surface area (Å²) in [6.07, 6.45) is 0. The fraction of sp³-hybridized carbons (Fsp3) is 0. The topological polar surface area (TPSA) is 116 Å². The average molecular weight is 406 g/mol. The second-order valence-corrected chi connectivity index (χ2v) is 7.42. The number of aromatic carboxylic acids is 1. The zero-order chi connectivity index (χ0) is 19.7. The maximum Gasteiger partial charge on any atom is 0.339 e. The standard InChI is InChI=1S/C19H10N4O3S2/c20-8-10-1-3-11(4-2-10)13-9-27-18(16(13)19(25)26)21-17(24)12-5-6-15-14(7-12)22-23-28-15/h1-7,9H,(H,21,24)(H,25,26). The first kappa shape index (κ1) is 17.8. The molecule has 2 aromatic heterocycles. The lowest BCUT2D eigenvalue weighted by atomic mass is 10.0. The molecule has 0 radical (unpaired) electrons. The van der Waals surface area contributed by atoms with Crippen LogP contribution < -0.4 is 5.32 Å². The Morgan fingerprint density at radius 1 is 1.14 bits per heavy atom. The Balaban J connectivity index is 1.67. The number of anilines is 1. The normalized spacial score (nSPS) is 10.5. The van der Waals surface area contributed by atoms with E-state index in [1.54, 1.807) is 47.8 Å². The Morgan fingerprint density at radius 2 is 1.93 bits per heavy atom. The first-order valence-electron chi connectivity index (χ1n) is 7.95. The van der Waals surface area contributed by atoms with Gasteiger partial charge in [0, 0.05) is 16.5 Å². The number of hydrogen-bond donors (Lipinski definition) is 2. The summed E-state index contributed by atoms with van der Waals surface area (Å²) in [5.74, 6) is -1.57. The molecule has 9 heteroatoms. The van der Waals surface area contributed by atoms with Crippen molar-refractivity contribution in [2.24, 2.45) is 0 Å². The van der Waals surface area contributed by atoms with E-state index >= 15 is 0 Å². The number of nitriles is 1. The molecule has 0 saturated heterocycles. The number of nitrogens with zero attached hydrogens (tertiary/aromatic N) is 3. The molecule has 2 heterocycles. The van der Waals surface area contributed by atoms with Gasteiger partial charge in [-0.25, -0.2) is 4.79 Å². The minimum absolute atomic E-state index is 0.0134. The second-order valence-electron chi connectivity index (χ2n) is 5.76. The first-order chi connectivity index (χ1) is 13.6. The summed E-state index contributed by atoms with van der Waals surface area (Å²) in [6, 6.07) is 13.6. The molecule has 28 heavy (non-hydrogen) atoms. The third kappa shape index (κ3) is 3.22. The lowest BCUT2D eigenvalue weighted by molar-refractivity contribution is 0.0699. The van der Waals surface area contributed by atoms with Gasteiger partial charge in [0.2, 0.25) is 0 Å². The molecule has 1 amide bonds. The van der Waals surface area contributed by atoms with Gasteiger partial charge in [-0.1, -0.05) is 16.6 Å². The Hall–Kier alpha value is -3.61. The van der Waals surface area contributed by atoms with E-state index < -0.39 is 11.9 Å². The number of benzene rings is 2. The van der Waals surface area contributed by atoms with Crippen molar-refractivity contribution in [3.05, 3.63) is 64.5 Å². The first-order valence-corrected chi connectivity index (χ1v) is 9.61. The molecule has 0 saturated carbocycles. The summed E-state index contributed by atoms with van der Waals surface area (Å²) in [6.45, 7) is 0. The van der Waals surface area contributed by atoms with Crippen molar-refractivity contribution in [1.82, 2.24) is 9.59 Å². The van der Waals surface area contributed by atoms with Crippen LogP contribution in [-0.4, -0.2) is 26.6 Å². The van der Waals surface area contributed by atoms with E-state index in [1.165, 1.54) is 11.5 Å². The Morgan fingerprint density at radius 3 is 2.64 bits per heavy atom. The molecule has 0 aliphatic rings. The van der Waals surface area contributed by atoms with Crippen molar-refractivity contribution >= 4 is 50.0 Å². The van der Waals surface area contributed by atoms with Crippen LogP contribution in [0.5, 0.6) is 0 Å². The van der Waals surface area contributed by atoms with Gasteiger partial charge in [-0.05, 0) is 47.4 Å². The van der Waals surface area contributed by atoms with Crippen molar-refractivity contribution in [3.8, 4) is 17.2 Å². The minimum Gasteiger partial charge on any atom is -0.478 e. The maximum atomic E-state index is 12.6. The van der Waals surface area contributed by atoms with Crippen molar-refractivity contribution in [1.29, 1.82) is 5.26 Å². The van der Waals surface area contributed by atoms with E-state index in [0.717, 1.165) is 16.0 Å². The highest BCUT2D eigenvalue weighted by molar-refractivity contribution is 7.15. The highest BCUT2D eigenvalue weighted by atomic mass is 32.1. The van der Waals surface area contributed by atoms with Crippen molar-refractivity contribution in [2.45, 2.75) is 0 Å². The lowest BCUT2D eigenvalue weighted by Crippen LogP contribution is -2.13. The monoisotopic (exact) mass is 406 g/mol. The predicted molar refractivity (Wildman–Crippen MR) is 107 cm³/mol. The number of carbonyl (C=O) groups excluding carboxylic acids is 1. The third-order valence-corrected chi connectivity index (χ3v) is 5.67. The SMILES string of the molecule is N#Cc1ccc(-c2csc(NC(=O)c3ccc4snnc4c3)c2C(=O)O)cc1. The van der Waals surface area contributed by atoms with Crippen molar-refractivity contribution < 1.29 is 14.7 Å². The fourth-order valence-corrected chi connectivity index (χ4v) is 4.19. The lowest BCUT2D eigenvalue weighted by Gasteiger charge is -2.06. The van der Waals surface area contributed by atoms with Gasteiger partial charge in [0.05, 0.1) is 16.3 Å². The number of rotatable bonds is 4. The predicted octanol–water partition coefficient (Wildman–Crippen LogP) is 4.24. The molecule has 7 nitrogen and oxygen atoms in total. The second kappa shape index (κ2) is 7.19. The van der Waals surface area contributed by atoms with Gasteiger partial charge >= 0.3 is 5.97 Å². The van der Waals surface area contributed by atoms with Gasteiger partial charge in [-0.15, -0.1) is 16.4 Å². The van der Waals surface area contributed by atoms with E-state index in [1.807, 2.05) is 6.07 Å². The minimum atomic E-state index is -1.14. The average Bonchev–Trinajstić information content (AvgIpc) is 3.34. The molecule has 0 unspecified atom stereocenters. The van der Waals surface area contributed by atoms with Crippen LogP contribution in [0.2, 0.25) is 0 Å². The summed E-state index contributed by atoms with van der Waals surface area (Å²) in [5.41, 5.74) is 2.61. The van der Waals surface area contributed by atoms with Crippen LogP contribution in [0.15, 0.2) is 47.8 Å². The molecule has 0 spiro atoms. The number of carbonyl (C=O) groups is 2. The Kier molecular flexibility index (Phi) is 4.57. The van der Waals surface area contributed by atoms with Crippen LogP contribution >= 0.6 is 22.9 Å². The molecule has 2 aromatic carbocycles. The van der Waals surface area contributed by atoms with Gasteiger partial charge in [0.25, 0.3) is 5.91 Å². The number of thiophene rings is 1. The molecule has 0 atom stereocenters. The maximum absolute atomic E-state index is 12.6. The Bertz CT molecular complexity index is 1250. The molecule has 0 aliphatic heterocycles. The van der Waals surface area contributed by atoms with Crippen LogP contribution in [0.4, 0.5) is 5.00 Å². The summed E-state index contributed by atoms with van der Waals surface area (Å²) < 4.78 is 4.70. The number of fused-ring (bicyclic) bond motifs is 1. The number of nitrogens with one attached hydrogen (secondary N) is 1. The smallest absolute Gasteiger partial charge is 0.339 e. The highest BCUT2D eigenvalue weighted by Gasteiger charge is 2.21. The van der Waals surface area contributed by atoms with E-state index in [9.17, 15) is 14.7 Å². The number of hydrogen-bond acceptors (Lipinski definition) is 7. The van der Waals surface area contributed by atoms with Crippen molar-refractivity contribution in [3.63, 3.8) is 0 Å². The van der Waals surface area contributed by atoms with Crippen LogP contribution in [0.25, 0.3) is 21.3 Å². The van der Waals surface area contributed by atoms with E-state index in [0.29, 0.717) is 27.8 Å². The summed E-state index contributed by atoms with van der Waals surface area (Å²) >= 11 is 2.37. The fourth-order valence-electron chi connectivity index (χ4n) is 2.70. The highest BCUT2D eigenvalue weighted by Crippen LogP contribution is 2.36. The van der Waals surface area contributed by atoms with Crippen LogP contribution in [0, 0.1) is 11.3 Å². The molecule has 136 valence electrons. The molecule has 2 N–H and O–H groups in total. The van der Waals surface area contributed by atoms with E-state index in [-0.39, 0.29) is 10.6 Å². The number of amides is 1. The quantitative estimate of drug-likeness (QED) is 0.524. The van der Waals surface area contributed by atoms with Gasteiger partial charge in [-0.3, -0.25) is 4.79 Å². The van der Waals surface area contributed by atoms with Gasteiger partial charge in [0.1, 0.15) is 16.1 Å². The zero-order valence-electron chi connectivity index (χ0n) is 14.0.